The normalized spacial score (nSPS) is 10.2. The van der Waals surface area contributed by atoms with E-state index >= 15 is 0 Å². The van der Waals surface area contributed by atoms with Crippen molar-refractivity contribution >= 4 is 15.6 Å². The van der Waals surface area contributed by atoms with Crippen molar-refractivity contribution in [2.45, 2.75) is 0 Å². The van der Waals surface area contributed by atoms with E-state index in [1.807, 2.05) is 0 Å². The Labute approximate surface area is 68.3 Å². The fraction of sp³-hybridized carbons (Fsp3) is 0. The number of rotatable bonds is 0. The van der Waals surface area contributed by atoms with E-state index in [9.17, 15) is 0 Å². The molecular formula is C2H4O8P2-6. The molecule has 0 unspecified atom stereocenters. The molecule has 0 atom stereocenters. The van der Waals surface area contributed by atoms with Gasteiger partial charge in [0.25, 0.3) is 0 Å². The maximum absolute atomic E-state index is 8.55. The first-order valence-corrected chi connectivity index (χ1v) is 4.88. The molecule has 0 aromatic carbocycles. The minimum atomic E-state index is -5.39. The topological polar surface area (TPSA) is 172 Å². The van der Waals surface area contributed by atoms with Gasteiger partial charge in [-0.2, -0.15) is 15.6 Å². The highest BCUT2D eigenvalue weighted by Crippen LogP contribution is 2.03. The predicted octanol–water partition coefficient (Wildman–Crippen LogP) is -4.85. The molecule has 0 N–H and O–H groups in total. The van der Waals surface area contributed by atoms with E-state index < -0.39 is 15.6 Å². The first kappa shape index (κ1) is 17.9. The van der Waals surface area contributed by atoms with E-state index in [1.54, 1.807) is 0 Å². The maximum Gasteiger partial charge on any atom is -0.106 e. The van der Waals surface area contributed by atoms with Crippen LogP contribution < -0.4 is 29.4 Å². The number of phosphoric acid groups is 2. The number of hydrogen-bond donors (Lipinski definition) is 0. The Kier molecular flexibility index (Phi) is 11.3. The van der Waals surface area contributed by atoms with Gasteiger partial charge in [0.05, 0.1) is 0 Å². The SMILES string of the molecule is C=C.O=P([O-])([O-])[O-].O=P([O-])([O-])[O-]. The smallest absolute Gasteiger partial charge is 0.106 e. The molecule has 0 aliphatic heterocycles. The molecule has 8 nitrogen and oxygen atoms in total. The third-order valence-electron chi connectivity index (χ3n) is 0. The van der Waals surface area contributed by atoms with Crippen molar-refractivity contribution in [3.63, 3.8) is 0 Å². The van der Waals surface area contributed by atoms with E-state index in [-0.39, 0.29) is 0 Å². The molecule has 12 heavy (non-hydrogen) atoms. The number of hydrogen-bond acceptors (Lipinski definition) is 8. The van der Waals surface area contributed by atoms with Crippen molar-refractivity contribution in [1.29, 1.82) is 0 Å². The van der Waals surface area contributed by atoms with Crippen molar-refractivity contribution in [2.75, 3.05) is 0 Å². The molecule has 0 saturated carbocycles. The maximum atomic E-state index is 8.55. The molecule has 0 fully saturated rings. The summed E-state index contributed by atoms with van der Waals surface area (Å²) in [4.78, 5) is 51.3. The summed E-state index contributed by atoms with van der Waals surface area (Å²) in [7, 11) is -10.8. The molecule has 0 heterocycles. The fourth-order valence-corrected chi connectivity index (χ4v) is 0. The molecule has 0 radical (unpaired) electrons. The summed E-state index contributed by atoms with van der Waals surface area (Å²) in [5.41, 5.74) is 0. The van der Waals surface area contributed by atoms with Crippen LogP contribution in [0.1, 0.15) is 0 Å². The Hall–Kier alpha value is -0.0400. The lowest BCUT2D eigenvalue weighted by molar-refractivity contribution is -0.434. The molecule has 0 aromatic heterocycles. The van der Waals surface area contributed by atoms with Gasteiger partial charge in [0, 0.05) is 0 Å². The summed E-state index contributed by atoms with van der Waals surface area (Å²) < 4.78 is 17.1. The molecule has 0 aromatic rings. The van der Waals surface area contributed by atoms with E-state index in [4.69, 9.17) is 38.5 Å². The Balaban J connectivity index is -0.000000112. The van der Waals surface area contributed by atoms with Crippen LogP contribution in [0.5, 0.6) is 0 Å². The standard InChI is InChI=1S/C2H4.2H3O4P/c1-2;2*1-5(2,3)4/h1-2H2;2*(H3,1,2,3,4)/p-6. The van der Waals surface area contributed by atoms with Gasteiger partial charge in [-0.25, -0.2) is 0 Å². The highest BCUT2D eigenvalue weighted by atomic mass is 31.2. The highest BCUT2D eigenvalue weighted by molar-refractivity contribution is 7.40. The van der Waals surface area contributed by atoms with E-state index in [0.29, 0.717) is 0 Å². The van der Waals surface area contributed by atoms with Crippen molar-refractivity contribution < 1.29 is 38.5 Å². The summed E-state index contributed by atoms with van der Waals surface area (Å²) >= 11 is 0. The lowest BCUT2D eigenvalue weighted by Gasteiger charge is -2.36. The lowest BCUT2D eigenvalue weighted by atomic mass is 11.3. The Morgan fingerprint density at radius 1 is 0.667 bits per heavy atom. The second-order valence-corrected chi connectivity index (χ2v) is 2.68. The molecule has 0 amide bonds. The zero-order chi connectivity index (χ0) is 11.0. The summed E-state index contributed by atoms with van der Waals surface area (Å²) in [6.45, 7) is 6.00. The van der Waals surface area contributed by atoms with Gasteiger partial charge in [-0.15, -0.1) is 13.2 Å². The van der Waals surface area contributed by atoms with Crippen LogP contribution in [0.4, 0.5) is 0 Å². The quantitative estimate of drug-likeness (QED) is 0.287. The molecule has 0 saturated heterocycles. The summed E-state index contributed by atoms with van der Waals surface area (Å²) in [5.74, 6) is 0. The van der Waals surface area contributed by atoms with Crippen LogP contribution in [0.15, 0.2) is 13.2 Å². The second kappa shape index (κ2) is 7.60. The zero-order valence-electron chi connectivity index (χ0n) is 5.57. The van der Waals surface area contributed by atoms with E-state index in [1.165, 1.54) is 0 Å². The average Bonchev–Trinajstić information content (AvgIpc) is 1.59. The monoisotopic (exact) mass is 218 g/mol. The van der Waals surface area contributed by atoms with Gasteiger partial charge in [-0.1, -0.05) is 0 Å². The summed E-state index contributed by atoms with van der Waals surface area (Å²) in [6, 6.07) is 0. The first-order chi connectivity index (χ1) is 5.00. The summed E-state index contributed by atoms with van der Waals surface area (Å²) in [6.07, 6.45) is 0. The Morgan fingerprint density at radius 3 is 0.667 bits per heavy atom. The largest absolute Gasteiger partial charge is 0.822 e. The van der Waals surface area contributed by atoms with Crippen molar-refractivity contribution in [3.8, 4) is 0 Å². The van der Waals surface area contributed by atoms with Crippen molar-refractivity contribution in [2.24, 2.45) is 0 Å². The van der Waals surface area contributed by atoms with Crippen LogP contribution in [0.2, 0.25) is 0 Å². The fourth-order valence-electron chi connectivity index (χ4n) is 0. The van der Waals surface area contributed by atoms with Crippen LogP contribution in [-0.4, -0.2) is 0 Å². The van der Waals surface area contributed by atoms with Crippen molar-refractivity contribution in [1.82, 2.24) is 0 Å². The Bertz CT molecular complexity index is 139. The van der Waals surface area contributed by atoms with Crippen molar-refractivity contribution in [3.05, 3.63) is 13.2 Å². The van der Waals surface area contributed by atoms with Crippen LogP contribution in [0.25, 0.3) is 0 Å². The molecule has 0 spiro atoms. The first-order valence-electron chi connectivity index (χ1n) is 1.96. The Morgan fingerprint density at radius 2 is 0.667 bits per heavy atom. The van der Waals surface area contributed by atoms with Gasteiger partial charge >= 0.3 is 0 Å². The predicted molar refractivity (Wildman–Crippen MR) is 26.5 cm³/mol. The molecular weight excluding hydrogens is 214 g/mol. The van der Waals surface area contributed by atoms with Crippen LogP contribution in [0, 0.1) is 0 Å². The van der Waals surface area contributed by atoms with Crippen LogP contribution in [0.3, 0.4) is 0 Å². The molecule has 76 valence electrons. The average molecular weight is 218 g/mol. The molecule has 0 aliphatic rings. The summed E-state index contributed by atoms with van der Waals surface area (Å²) in [5, 5.41) is 0. The van der Waals surface area contributed by atoms with Gasteiger partial charge in [-0.3, -0.25) is 0 Å². The van der Waals surface area contributed by atoms with Gasteiger partial charge in [0.1, 0.15) is 0 Å². The molecule has 0 bridgehead atoms. The molecule has 0 rings (SSSR count). The second-order valence-electron chi connectivity index (χ2n) is 0.894. The van der Waals surface area contributed by atoms with Crippen LogP contribution >= 0.6 is 15.6 Å². The lowest BCUT2D eigenvalue weighted by Crippen LogP contribution is -2.24. The van der Waals surface area contributed by atoms with Gasteiger partial charge in [0.2, 0.25) is 0 Å². The molecule has 0 aliphatic carbocycles. The minimum absolute atomic E-state index is 3.00. The van der Waals surface area contributed by atoms with Gasteiger partial charge < -0.3 is 38.5 Å². The minimum Gasteiger partial charge on any atom is -0.822 e. The van der Waals surface area contributed by atoms with E-state index in [2.05, 4.69) is 13.2 Å². The zero-order valence-corrected chi connectivity index (χ0v) is 7.36. The highest BCUT2D eigenvalue weighted by Gasteiger charge is 1.45. The van der Waals surface area contributed by atoms with Crippen LogP contribution in [-0.2, 0) is 9.13 Å². The van der Waals surface area contributed by atoms with Gasteiger partial charge in [-0.05, 0) is 0 Å². The molecule has 10 heteroatoms. The third-order valence-corrected chi connectivity index (χ3v) is 0. The third kappa shape index (κ3) is 500000. The van der Waals surface area contributed by atoms with E-state index in [0.717, 1.165) is 0 Å². The van der Waals surface area contributed by atoms with Gasteiger partial charge in [0.15, 0.2) is 0 Å².